The molecule has 320 valence electrons. The van der Waals surface area contributed by atoms with Crippen LogP contribution in [-0.2, 0) is 28.6 Å². The van der Waals surface area contributed by atoms with E-state index < -0.39 is 18.1 Å². The summed E-state index contributed by atoms with van der Waals surface area (Å²) >= 11 is 0. The second-order valence-electron chi connectivity index (χ2n) is 15.6. The van der Waals surface area contributed by atoms with Crippen LogP contribution in [0.15, 0.2) is 72.9 Å². The molecule has 8 nitrogen and oxygen atoms in total. The van der Waals surface area contributed by atoms with Gasteiger partial charge in [0.2, 0.25) is 0 Å². The second-order valence-corrected chi connectivity index (χ2v) is 15.6. The van der Waals surface area contributed by atoms with Crippen molar-refractivity contribution in [2.24, 2.45) is 0 Å². The minimum Gasteiger partial charge on any atom is -0.477 e. The monoisotopic (exact) mass is 785 g/mol. The van der Waals surface area contributed by atoms with Crippen LogP contribution in [0.3, 0.4) is 0 Å². The van der Waals surface area contributed by atoms with Crippen molar-refractivity contribution in [1.29, 1.82) is 0 Å². The standard InChI is InChI=1S/C48H81NO7/c1-6-8-10-12-14-16-17-18-19-20-21-22-23-24-25-26-27-28-29-31-32-34-36-38-46(50)55-43-44(42-54-41-40-45(48(52)53)49(3,4)5)56-47(51)39-37-35-33-30-15-13-11-9-7-2/h8,10,14,16,18-19,21-22,24-25,30,33,44-45H,6-7,9,11-13,15,17,20,23,26-29,31-32,34-43H2,1-5H3/p+1/b10-8+,16-14+,19-18+,22-21+,25-24+,33-30+. The first-order valence-corrected chi connectivity index (χ1v) is 22.0. The Morgan fingerprint density at radius 1 is 0.554 bits per heavy atom. The number of rotatable bonds is 38. The molecule has 1 N–H and O–H groups in total. The quantitative estimate of drug-likeness (QED) is 0.0288. The van der Waals surface area contributed by atoms with E-state index >= 15 is 0 Å². The lowest BCUT2D eigenvalue weighted by atomic mass is 10.1. The van der Waals surface area contributed by atoms with Crippen LogP contribution in [0.4, 0.5) is 0 Å². The van der Waals surface area contributed by atoms with Crippen LogP contribution >= 0.6 is 0 Å². The molecule has 0 saturated carbocycles. The van der Waals surface area contributed by atoms with Gasteiger partial charge < -0.3 is 23.8 Å². The van der Waals surface area contributed by atoms with Crippen molar-refractivity contribution in [3.05, 3.63) is 72.9 Å². The number of unbranched alkanes of at least 4 members (excludes halogenated alkanes) is 12. The predicted molar refractivity (Wildman–Crippen MR) is 233 cm³/mol. The fourth-order valence-corrected chi connectivity index (χ4v) is 5.94. The average molecular weight is 785 g/mol. The summed E-state index contributed by atoms with van der Waals surface area (Å²) in [5.74, 6) is -1.54. The van der Waals surface area contributed by atoms with Gasteiger partial charge in [0.05, 0.1) is 34.4 Å². The summed E-state index contributed by atoms with van der Waals surface area (Å²) < 4.78 is 17.2. The van der Waals surface area contributed by atoms with Crippen LogP contribution in [-0.4, -0.2) is 80.6 Å². The summed E-state index contributed by atoms with van der Waals surface area (Å²) in [5.41, 5.74) is 0. The number of ether oxygens (including phenoxy) is 3. The number of likely N-dealkylation sites (N-methyl/N-ethyl adjacent to an activating group) is 1. The highest BCUT2D eigenvalue weighted by Gasteiger charge is 2.31. The van der Waals surface area contributed by atoms with E-state index in [1.165, 1.54) is 51.4 Å². The maximum Gasteiger partial charge on any atom is 0.362 e. The molecule has 0 aliphatic carbocycles. The number of hydrogen-bond acceptors (Lipinski definition) is 6. The van der Waals surface area contributed by atoms with Gasteiger partial charge in [-0.15, -0.1) is 0 Å². The fourth-order valence-electron chi connectivity index (χ4n) is 5.94. The molecule has 0 rings (SSSR count). The van der Waals surface area contributed by atoms with Crippen LogP contribution < -0.4 is 0 Å². The van der Waals surface area contributed by atoms with Crippen LogP contribution in [0, 0.1) is 0 Å². The molecule has 0 amide bonds. The van der Waals surface area contributed by atoms with Gasteiger partial charge in [0.15, 0.2) is 12.1 Å². The molecular formula is C48H82NO7+. The van der Waals surface area contributed by atoms with Gasteiger partial charge in [-0.25, -0.2) is 4.79 Å². The van der Waals surface area contributed by atoms with E-state index in [9.17, 15) is 19.5 Å². The normalized spacial score (nSPS) is 13.7. The Hall–Kier alpha value is -3.23. The van der Waals surface area contributed by atoms with Crippen molar-refractivity contribution in [2.45, 2.75) is 174 Å². The van der Waals surface area contributed by atoms with Crippen molar-refractivity contribution in [3.8, 4) is 0 Å². The third-order valence-corrected chi connectivity index (χ3v) is 9.34. The van der Waals surface area contributed by atoms with E-state index in [4.69, 9.17) is 14.2 Å². The zero-order chi connectivity index (χ0) is 41.4. The Morgan fingerprint density at radius 2 is 1.02 bits per heavy atom. The molecule has 0 aliphatic rings. The summed E-state index contributed by atoms with van der Waals surface area (Å²) in [6.45, 7) is 4.53. The third-order valence-electron chi connectivity index (χ3n) is 9.34. The lowest BCUT2D eigenvalue weighted by Crippen LogP contribution is -2.50. The number of carboxylic acid groups (broad SMARTS) is 1. The Bertz CT molecular complexity index is 1140. The summed E-state index contributed by atoms with van der Waals surface area (Å²) in [6, 6.07) is -0.622. The Balaban J connectivity index is 4.26. The summed E-state index contributed by atoms with van der Waals surface area (Å²) in [4.78, 5) is 36.8. The number of carbonyl (C=O) groups is 3. The molecule has 0 aromatic rings. The summed E-state index contributed by atoms with van der Waals surface area (Å²) in [6.07, 6.45) is 48.2. The molecule has 0 spiro atoms. The van der Waals surface area contributed by atoms with Crippen molar-refractivity contribution in [2.75, 3.05) is 41.0 Å². The van der Waals surface area contributed by atoms with Gasteiger partial charge in [-0.3, -0.25) is 9.59 Å². The largest absolute Gasteiger partial charge is 0.477 e. The van der Waals surface area contributed by atoms with Crippen LogP contribution in [0.25, 0.3) is 0 Å². The first-order valence-electron chi connectivity index (χ1n) is 22.0. The van der Waals surface area contributed by atoms with E-state index in [-0.39, 0.29) is 42.7 Å². The first-order chi connectivity index (χ1) is 27.1. The van der Waals surface area contributed by atoms with Gasteiger partial charge in [0.25, 0.3) is 0 Å². The minimum absolute atomic E-state index is 0.0429. The molecular weight excluding hydrogens is 703 g/mol. The second kappa shape index (κ2) is 38.6. The Morgan fingerprint density at radius 3 is 1.55 bits per heavy atom. The van der Waals surface area contributed by atoms with E-state index in [1.54, 1.807) is 0 Å². The topological polar surface area (TPSA) is 99.1 Å². The molecule has 0 aromatic heterocycles. The lowest BCUT2D eigenvalue weighted by Gasteiger charge is -2.31. The van der Waals surface area contributed by atoms with Crippen LogP contribution in [0.2, 0.25) is 0 Å². The molecule has 8 heteroatoms. The van der Waals surface area contributed by atoms with Crippen molar-refractivity contribution in [1.82, 2.24) is 0 Å². The SMILES string of the molecule is CC/C=C/C/C=C/C/C=C/C/C=C/C/C=C/CCCCCCCCCC(=O)OCC(COCCC(C(=O)O)[N+](C)(C)C)OC(=O)CCC/C=C/CCCCCC. The molecule has 56 heavy (non-hydrogen) atoms. The number of aliphatic carboxylic acids is 1. The number of allylic oxidation sites excluding steroid dienone is 12. The highest BCUT2D eigenvalue weighted by atomic mass is 16.6. The Kier molecular flexibility index (Phi) is 36.4. The van der Waals surface area contributed by atoms with Gasteiger partial charge in [-0.05, 0) is 77.0 Å². The van der Waals surface area contributed by atoms with Crippen molar-refractivity contribution >= 4 is 17.9 Å². The molecule has 0 aromatic carbocycles. The number of carbonyl (C=O) groups excluding carboxylic acids is 2. The minimum atomic E-state index is -0.884. The highest BCUT2D eigenvalue weighted by molar-refractivity contribution is 5.72. The molecule has 0 bridgehead atoms. The number of quaternary nitrogens is 1. The van der Waals surface area contributed by atoms with E-state index in [2.05, 4.69) is 86.8 Å². The number of hydrogen-bond donors (Lipinski definition) is 1. The van der Waals surface area contributed by atoms with Gasteiger partial charge in [-0.1, -0.05) is 138 Å². The molecule has 0 saturated heterocycles. The summed E-state index contributed by atoms with van der Waals surface area (Å²) in [7, 11) is 5.50. The molecule has 0 radical (unpaired) electrons. The van der Waals surface area contributed by atoms with Crippen LogP contribution in [0.5, 0.6) is 0 Å². The van der Waals surface area contributed by atoms with E-state index in [1.807, 2.05) is 21.1 Å². The number of esters is 2. The lowest BCUT2D eigenvalue weighted by molar-refractivity contribution is -0.887. The molecule has 0 fully saturated rings. The van der Waals surface area contributed by atoms with Crippen LogP contribution in [0.1, 0.15) is 162 Å². The molecule has 0 aliphatic heterocycles. The van der Waals surface area contributed by atoms with Crippen molar-refractivity contribution in [3.63, 3.8) is 0 Å². The predicted octanol–water partition coefficient (Wildman–Crippen LogP) is 12.0. The number of carboxylic acids is 1. The Labute approximate surface area is 342 Å². The highest BCUT2D eigenvalue weighted by Crippen LogP contribution is 2.13. The maximum absolute atomic E-state index is 12.6. The van der Waals surface area contributed by atoms with Gasteiger partial charge >= 0.3 is 17.9 Å². The van der Waals surface area contributed by atoms with Crippen molar-refractivity contribution < 1.29 is 38.2 Å². The van der Waals surface area contributed by atoms with E-state index in [0.717, 1.165) is 70.6 Å². The first kappa shape index (κ1) is 52.8. The fraction of sp³-hybridized carbons (Fsp3) is 0.688. The zero-order valence-electron chi connectivity index (χ0n) is 36.3. The number of nitrogens with zero attached hydrogens (tertiary/aromatic N) is 1. The average Bonchev–Trinajstić information content (AvgIpc) is 3.15. The maximum atomic E-state index is 12.6. The zero-order valence-corrected chi connectivity index (χ0v) is 36.3. The van der Waals surface area contributed by atoms with Gasteiger partial charge in [-0.2, -0.15) is 0 Å². The third kappa shape index (κ3) is 36.4. The van der Waals surface area contributed by atoms with Gasteiger partial charge in [0.1, 0.15) is 6.61 Å². The van der Waals surface area contributed by atoms with E-state index in [0.29, 0.717) is 19.3 Å². The molecule has 2 atom stereocenters. The summed E-state index contributed by atoms with van der Waals surface area (Å²) in [5, 5.41) is 9.60. The molecule has 2 unspecified atom stereocenters. The smallest absolute Gasteiger partial charge is 0.362 e. The molecule has 0 heterocycles. The van der Waals surface area contributed by atoms with Gasteiger partial charge in [0, 0.05) is 19.3 Å².